The van der Waals surface area contributed by atoms with E-state index >= 15 is 0 Å². The standard InChI is InChI=1S/C29H18BrF3N2O8/c30-20-11-22(37)25-19(26(20)38)10-17-15(23(25)18-9-14(4-7-21(18)36)43-29(31,32)33)5-6-16-24(17)28(40)34(27(16)39)12-2-1-3-13(8-12)35(41)42/h1-5,7-9,11,16-17,23-24,36H,6,10H2/t16-,17+,23+,24-/m0/s1. The van der Waals surface area contributed by atoms with E-state index in [0.29, 0.717) is 5.57 Å². The molecule has 1 N–H and O–H groups in total. The van der Waals surface area contributed by atoms with Crippen LogP contribution >= 0.6 is 15.9 Å². The maximum Gasteiger partial charge on any atom is 0.573 e. The summed E-state index contributed by atoms with van der Waals surface area (Å²) >= 11 is 3.08. The van der Waals surface area contributed by atoms with Crippen molar-refractivity contribution in [2.24, 2.45) is 17.8 Å². The lowest BCUT2D eigenvalue weighted by molar-refractivity contribution is -0.384. The largest absolute Gasteiger partial charge is 0.573 e. The zero-order valence-electron chi connectivity index (χ0n) is 21.6. The van der Waals surface area contributed by atoms with Crippen molar-refractivity contribution in [3.05, 3.63) is 91.5 Å². The van der Waals surface area contributed by atoms with E-state index in [-0.39, 0.29) is 45.4 Å². The molecule has 4 atom stereocenters. The Kier molecular flexibility index (Phi) is 6.64. The number of carbonyl (C=O) groups excluding carboxylic acids is 4. The van der Waals surface area contributed by atoms with Crippen LogP contribution in [0.2, 0.25) is 0 Å². The molecule has 1 heterocycles. The van der Waals surface area contributed by atoms with Crippen LogP contribution in [-0.2, 0) is 19.2 Å². The minimum Gasteiger partial charge on any atom is -0.508 e. The molecule has 2 aromatic carbocycles. The van der Waals surface area contributed by atoms with Gasteiger partial charge in [0.25, 0.3) is 5.69 Å². The predicted octanol–water partition coefficient (Wildman–Crippen LogP) is 5.17. The van der Waals surface area contributed by atoms with E-state index in [1.54, 1.807) is 6.08 Å². The van der Waals surface area contributed by atoms with E-state index in [1.807, 2.05) is 0 Å². The quantitative estimate of drug-likeness (QED) is 0.156. The number of nitrogens with zero attached hydrogens (tertiary/aromatic N) is 2. The summed E-state index contributed by atoms with van der Waals surface area (Å²) in [6.07, 6.45) is -2.52. The maximum atomic E-state index is 13.9. The van der Waals surface area contributed by atoms with Crippen LogP contribution in [0.4, 0.5) is 24.5 Å². The SMILES string of the molecule is O=C1C=C(Br)C(=O)C2=C1[C@@H](c1cc(OC(F)(F)F)ccc1O)C1=CC[C@@H]3C(=O)N(c4cccc([N+](=O)[O-])c4)C(=O)[C@@H]3[C@@H]1C2. The highest BCUT2D eigenvalue weighted by molar-refractivity contribution is 9.12. The second-order valence-corrected chi connectivity index (χ2v) is 11.3. The van der Waals surface area contributed by atoms with Crippen LogP contribution in [-0.4, -0.2) is 39.8 Å². The second kappa shape index (κ2) is 10.0. The van der Waals surface area contributed by atoms with E-state index in [0.717, 1.165) is 35.2 Å². The van der Waals surface area contributed by atoms with Crippen LogP contribution in [0.1, 0.15) is 24.3 Å². The average molecular weight is 659 g/mol. The minimum absolute atomic E-state index is 0.00256. The number of Topliss-reactive ketones (excluding diaryl/α,β-unsaturated/α-hetero) is 1. The predicted molar refractivity (Wildman–Crippen MR) is 145 cm³/mol. The highest BCUT2D eigenvalue weighted by Gasteiger charge is 2.57. The zero-order chi connectivity index (χ0) is 31.0. The molecule has 220 valence electrons. The van der Waals surface area contributed by atoms with Crippen molar-refractivity contribution in [3.8, 4) is 11.5 Å². The number of amides is 2. The van der Waals surface area contributed by atoms with E-state index < -0.39 is 69.8 Å². The molecule has 1 saturated heterocycles. The Bertz CT molecular complexity index is 1760. The summed E-state index contributed by atoms with van der Waals surface area (Å²) in [5.74, 6) is -7.63. The number of ether oxygens (including phenoxy) is 1. The first kappa shape index (κ1) is 28.5. The average Bonchev–Trinajstić information content (AvgIpc) is 3.20. The molecule has 0 bridgehead atoms. The lowest BCUT2D eigenvalue weighted by Gasteiger charge is -2.42. The Morgan fingerprint density at radius 1 is 1.05 bits per heavy atom. The molecule has 6 rings (SSSR count). The Hall–Kier alpha value is -4.59. The van der Waals surface area contributed by atoms with Gasteiger partial charge in [0.05, 0.1) is 26.9 Å². The number of anilines is 1. The number of imide groups is 1. The fourth-order valence-corrected chi connectivity index (χ4v) is 6.97. The summed E-state index contributed by atoms with van der Waals surface area (Å²) in [6.45, 7) is 0. The van der Waals surface area contributed by atoms with Crippen molar-refractivity contribution in [3.63, 3.8) is 0 Å². The van der Waals surface area contributed by atoms with Gasteiger partial charge in [-0.25, -0.2) is 4.90 Å². The van der Waals surface area contributed by atoms with Gasteiger partial charge >= 0.3 is 6.36 Å². The molecule has 0 spiro atoms. The summed E-state index contributed by atoms with van der Waals surface area (Å²) in [4.78, 5) is 65.6. The monoisotopic (exact) mass is 658 g/mol. The Balaban J connectivity index is 1.48. The maximum absolute atomic E-state index is 13.9. The summed E-state index contributed by atoms with van der Waals surface area (Å²) in [5, 5.41) is 22.2. The number of phenolic OH excluding ortho intramolecular Hbond substituents is 1. The van der Waals surface area contributed by atoms with E-state index in [9.17, 15) is 47.6 Å². The van der Waals surface area contributed by atoms with Crippen LogP contribution in [0.3, 0.4) is 0 Å². The molecule has 10 nitrogen and oxygen atoms in total. The number of hydrogen-bond donors (Lipinski definition) is 1. The Morgan fingerprint density at radius 2 is 1.79 bits per heavy atom. The van der Waals surface area contributed by atoms with Crippen LogP contribution in [0, 0.1) is 27.9 Å². The van der Waals surface area contributed by atoms with Crippen molar-refractivity contribution in [1.29, 1.82) is 0 Å². The highest BCUT2D eigenvalue weighted by Crippen LogP contribution is 2.57. The van der Waals surface area contributed by atoms with E-state index in [4.69, 9.17) is 0 Å². The number of non-ortho nitro benzene ring substituents is 1. The van der Waals surface area contributed by atoms with Gasteiger partial charge in [-0.2, -0.15) is 0 Å². The first-order valence-corrected chi connectivity index (χ1v) is 13.7. The molecule has 2 amide bonds. The van der Waals surface area contributed by atoms with Gasteiger partial charge in [0.15, 0.2) is 11.6 Å². The van der Waals surface area contributed by atoms with Crippen molar-refractivity contribution < 1.29 is 47.1 Å². The molecule has 3 aliphatic carbocycles. The van der Waals surface area contributed by atoms with Gasteiger partial charge in [-0.3, -0.25) is 29.3 Å². The van der Waals surface area contributed by atoms with Crippen LogP contribution < -0.4 is 9.64 Å². The molecule has 0 radical (unpaired) electrons. The van der Waals surface area contributed by atoms with Gasteiger partial charge in [0.1, 0.15) is 11.5 Å². The molecule has 0 aromatic heterocycles. The first-order chi connectivity index (χ1) is 20.3. The summed E-state index contributed by atoms with van der Waals surface area (Å²) < 4.78 is 43.1. The van der Waals surface area contributed by atoms with E-state index in [1.165, 1.54) is 18.2 Å². The number of rotatable bonds is 4. The highest BCUT2D eigenvalue weighted by atomic mass is 79.9. The van der Waals surface area contributed by atoms with Gasteiger partial charge < -0.3 is 9.84 Å². The third-order valence-electron chi connectivity index (χ3n) is 8.17. The fraction of sp³-hybridized carbons (Fsp3) is 0.241. The normalized spacial score (nSPS) is 25.2. The van der Waals surface area contributed by atoms with Crippen molar-refractivity contribution in [2.75, 3.05) is 4.90 Å². The van der Waals surface area contributed by atoms with Crippen LogP contribution in [0.25, 0.3) is 0 Å². The molecule has 0 saturated carbocycles. The number of aromatic hydroxyl groups is 1. The van der Waals surface area contributed by atoms with Crippen molar-refractivity contribution in [2.45, 2.75) is 25.1 Å². The second-order valence-electron chi connectivity index (χ2n) is 10.5. The number of fused-ring (bicyclic) bond motifs is 3. The number of carbonyl (C=O) groups is 4. The number of nitro groups is 1. The molecule has 1 aliphatic heterocycles. The van der Waals surface area contributed by atoms with Gasteiger partial charge in [-0.1, -0.05) is 17.7 Å². The number of ketones is 2. The molecule has 4 aliphatic rings. The Labute approximate surface area is 248 Å². The smallest absolute Gasteiger partial charge is 0.508 e. The Morgan fingerprint density at radius 3 is 2.49 bits per heavy atom. The number of benzene rings is 2. The lowest BCUT2D eigenvalue weighted by atomic mass is 9.59. The molecule has 2 aromatic rings. The van der Waals surface area contributed by atoms with Gasteiger partial charge in [-0.05, 0) is 59.0 Å². The molecular weight excluding hydrogens is 641 g/mol. The molecule has 1 fully saturated rings. The fourth-order valence-electron chi connectivity index (χ4n) is 6.52. The number of phenols is 1. The number of nitro benzene ring substituents is 1. The van der Waals surface area contributed by atoms with E-state index in [2.05, 4.69) is 20.7 Å². The summed E-state index contributed by atoms with van der Waals surface area (Å²) in [6, 6.07) is 7.82. The van der Waals surface area contributed by atoms with Crippen molar-refractivity contribution >= 4 is 50.7 Å². The third-order valence-corrected chi connectivity index (χ3v) is 8.76. The van der Waals surface area contributed by atoms with Crippen molar-refractivity contribution in [1.82, 2.24) is 0 Å². The lowest BCUT2D eigenvalue weighted by Crippen LogP contribution is -2.39. The topological polar surface area (TPSA) is 144 Å². The van der Waals surface area contributed by atoms with Crippen LogP contribution in [0.5, 0.6) is 11.5 Å². The number of alkyl halides is 3. The molecular formula is C29H18BrF3N2O8. The first-order valence-electron chi connectivity index (χ1n) is 12.9. The summed E-state index contributed by atoms with van der Waals surface area (Å²) in [5.41, 5.74) is -0.156. The number of hydrogen-bond acceptors (Lipinski definition) is 8. The number of allylic oxidation sites excluding steroid dienone is 6. The van der Waals surface area contributed by atoms with Gasteiger partial charge in [0, 0.05) is 40.8 Å². The number of halogens is 4. The third kappa shape index (κ3) is 4.65. The molecule has 14 heteroatoms. The van der Waals surface area contributed by atoms with Gasteiger partial charge in [-0.15, -0.1) is 13.2 Å². The molecule has 43 heavy (non-hydrogen) atoms. The van der Waals surface area contributed by atoms with Gasteiger partial charge in [0.2, 0.25) is 11.8 Å². The van der Waals surface area contributed by atoms with Crippen LogP contribution in [0.15, 0.2) is 75.8 Å². The summed E-state index contributed by atoms with van der Waals surface area (Å²) in [7, 11) is 0. The molecule has 0 unspecified atom stereocenters. The minimum atomic E-state index is -5.05. The zero-order valence-corrected chi connectivity index (χ0v) is 23.2.